The third-order valence-electron chi connectivity index (χ3n) is 4.81. The Morgan fingerprint density at radius 1 is 1.32 bits per heavy atom. The number of rotatable bonds is 2. The molecule has 0 bridgehead atoms. The van der Waals surface area contributed by atoms with Crippen LogP contribution in [0.3, 0.4) is 0 Å². The fourth-order valence-corrected chi connectivity index (χ4v) is 3.94. The lowest BCUT2D eigenvalue weighted by atomic mass is 10.1. The van der Waals surface area contributed by atoms with E-state index in [1.54, 1.807) is 24.0 Å². The van der Waals surface area contributed by atoms with E-state index in [2.05, 4.69) is 26.2 Å². The molecule has 1 N–H and O–H groups in total. The van der Waals surface area contributed by atoms with Gasteiger partial charge in [-0.3, -0.25) is 4.79 Å². The van der Waals surface area contributed by atoms with Gasteiger partial charge in [0.2, 0.25) is 5.92 Å². The van der Waals surface area contributed by atoms with Crippen LogP contribution in [0.5, 0.6) is 0 Å². The smallest absolute Gasteiger partial charge is 0.262 e. The fraction of sp³-hybridized carbons (Fsp3) is 0.400. The number of hydrogen-bond donors (Lipinski definition) is 1. The highest BCUT2D eigenvalue weighted by Gasteiger charge is 2.32. The largest absolute Gasteiger partial charge is 0.369 e. The van der Waals surface area contributed by atoms with Gasteiger partial charge in [-0.2, -0.15) is 0 Å². The Morgan fingerprint density at radius 3 is 2.86 bits per heavy atom. The van der Waals surface area contributed by atoms with Crippen LogP contribution in [0.4, 0.5) is 20.3 Å². The third kappa shape index (κ3) is 4.66. The van der Waals surface area contributed by atoms with E-state index in [0.29, 0.717) is 34.5 Å². The summed E-state index contributed by atoms with van der Waals surface area (Å²) < 4.78 is 29.4. The molecule has 0 atom stereocenters. The number of halogens is 3. The molecular weight excluding hydrogens is 448 g/mol. The molecular formula is C20H22BrF2N3OS. The van der Waals surface area contributed by atoms with Gasteiger partial charge in [-0.1, -0.05) is 6.07 Å². The van der Waals surface area contributed by atoms with E-state index in [1.807, 2.05) is 31.4 Å². The Bertz CT molecular complexity index is 879. The highest BCUT2D eigenvalue weighted by Crippen LogP contribution is 2.32. The first-order valence-electron chi connectivity index (χ1n) is 9.05. The van der Waals surface area contributed by atoms with Crippen molar-refractivity contribution in [2.45, 2.75) is 37.0 Å². The van der Waals surface area contributed by atoms with Crippen molar-refractivity contribution in [2.24, 2.45) is 0 Å². The molecule has 0 unspecified atom stereocenters. The zero-order valence-electron chi connectivity index (χ0n) is 15.8. The number of alkyl halides is 2. The van der Waals surface area contributed by atoms with E-state index in [9.17, 15) is 13.6 Å². The van der Waals surface area contributed by atoms with Gasteiger partial charge in [-0.05, 0) is 59.3 Å². The Labute approximate surface area is 176 Å². The van der Waals surface area contributed by atoms with Crippen LogP contribution in [-0.2, 0) is 0 Å². The molecule has 4 nitrogen and oxygen atoms in total. The zero-order valence-corrected chi connectivity index (χ0v) is 18.2. The van der Waals surface area contributed by atoms with Gasteiger partial charge < -0.3 is 10.2 Å². The summed E-state index contributed by atoms with van der Waals surface area (Å²) >= 11 is 4.97. The molecule has 0 saturated heterocycles. The summed E-state index contributed by atoms with van der Waals surface area (Å²) in [6, 6.07) is 7.40. The lowest BCUT2D eigenvalue weighted by Gasteiger charge is -2.26. The molecule has 2 aromatic rings. The van der Waals surface area contributed by atoms with Crippen molar-refractivity contribution >= 4 is 45.1 Å². The minimum absolute atomic E-state index is 0.0605. The maximum atomic E-state index is 14.3. The summed E-state index contributed by atoms with van der Waals surface area (Å²) in [6.07, 6.45) is 3.27. The first kappa shape index (κ1) is 21.0. The second-order valence-electron chi connectivity index (χ2n) is 6.75. The van der Waals surface area contributed by atoms with E-state index < -0.39 is 5.92 Å². The molecule has 1 aromatic carbocycles. The molecule has 28 heavy (non-hydrogen) atoms. The Morgan fingerprint density at radius 2 is 2.11 bits per heavy atom. The molecule has 0 fully saturated rings. The molecule has 150 valence electrons. The number of amides is 1. The third-order valence-corrected chi connectivity index (χ3v) is 6.34. The Kier molecular flexibility index (Phi) is 6.60. The van der Waals surface area contributed by atoms with Crippen LogP contribution in [0, 0.1) is 6.92 Å². The number of hydrogen-bond acceptors (Lipinski definition) is 4. The van der Waals surface area contributed by atoms with E-state index >= 15 is 0 Å². The van der Waals surface area contributed by atoms with Crippen molar-refractivity contribution in [2.75, 3.05) is 29.6 Å². The van der Waals surface area contributed by atoms with Gasteiger partial charge >= 0.3 is 0 Å². The van der Waals surface area contributed by atoms with Gasteiger partial charge in [0.1, 0.15) is 5.82 Å². The van der Waals surface area contributed by atoms with Gasteiger partial charge in [0, 0.05) is 47.2 Å². The van der Waals surface area contributed by atoms with Crippen LogP contribution in [0.25, 0.3) is 0 Å². The molecule has 0 spiro atoms. The van der Waals surface area contributed by atoms with Crippen LogP contribution < -0.4 is 10.2 Å². The lowest BCUT2D eigenvalue weighted by Crippen LogP contribution is -2.35. The second-order valence-corrected chi connectivity index (χ2v) is 8.48. The molecule has 3 rings (SSSR count). The van der Waals surface area contributed by atoms with Gasteiger partial charge in [0.05, 0.1) is 5.56 Å². The standard InChI is InChI=1S/C20H22BrF2N3OS/c1-13-16(21)12-25-18-17(13)19(27)26(14-5-3-6-15(11-14)28-2)10-8-20(22,23)7-4-9-24-18/h3,5-6,11-12H,4,7-10H2,1-2H3,(H,24,25). The average Bonchev–Trinajstić information content (AvgIpc) is 2.69. The minimum Gasteiger partial charge on any atom is -0.369 e. The number of nitrogens with zero attached hydrogens (tertiary/aromatic N) is 2. The number of carbonyl (C=O) groups excluding carboxylic acids is 1. The maximum absolute atomic E-state index is 14.3. The van der Waals surface area contributed by atoms with Gasteiger partial charge in [-0.25, -0.2) is 13.8 Å². The van der Waals surface area contributed by atoms with Crippen molar-refractivity contribution in [1.82, 2.24) is 4.98 Å². The highest BCUT2D eigenvalue weighted by atomic mass is 79.9. The predicted molar refractivity (Wildman–Crippen MR) is 114 cm³/mol. The minimum atomic E-state index is -2.82. The lowest BCUT2D eigenvalue weighted by molar-refractivity contribution is -0.0147. The van der Waals surface area contributed by atoms with E-state index in [-0.39, 0.29) is 25.3 Å². The second kappa shape index (κ2) is 8.78. The van der Waals surface area contributed by atoms with Crippen molar-refractivity contribution in [3.63, 3.8) is 0 Å². The average molecular weight is 470 g/mol. The summed E-state index contributed by atoms with van der Waals surface area (Å²) in [6.45, 7) is 2.11. The van der Waals surface area contributed by atoms with E-state index in [1.165, 1.54) is 4.90 Å². The van der Waals surface area contributed by atoms with Crippen LogP contribution in [0.1, 0.15) is 35.2 Å². The van der Waals surface area contributed by atoms with E-state index in [0.717, 1.165) is 10.5 Å². The highest BCUT2D eigenvalue weighted by molar-refractivity contribution is 9.10. The molecule has 1 aromatic heterocycles. The molecule has 1 aliphatic heterocycles. The Hall–Kier alpha value is -1.67. The number of anilines is 2. The maximum Gasteiger partial charge on any atom is 0.262 e. The summed E-state index contributed by atoms with van der Waals surface area (Å²) in [5.41, 5.74) is 1.76. The molecule has 2 heterocycles. The molecule has 1 amide bonds. The van der Waals surface area contributed by atoms with Crippen molar-refractivity contribution in [3.8, 4) is 0 Å². The topological polar surface area (TPSA) is 45.2 Å². The summed E-state index contributed by atoms with van der Waals surface area (Å²) in [7, 11) is 0. The summed E-state index contributed by atoms with van der Waals surface area (Å²) in [5, 5.41) is 3.07. The normalized spacial score (nSPS) is 17.5. The van der Waals surface area contributed by atoms with Crippen LogP contribution in [-0.4, -0.2) is 36.2 Å². The fourth-order valence-electron chi connectivity index (χ4n) is 3.19. The predicted octanol–water partition coefficient (Wildman–Crippen LogP) is 5.75. The first-order valence-corrected chi connectivity index (χ1v) is 11.1. The number of nitrogens with one attached hydrogen (secondary N) is 1. The van der Waals surface area contributed by atoms with Crippen LogP contribution >= 0.6 is 27.7 Å². The molecule has 0 aliphatic carbocycles. The molecule has 0 saturated carbocycles. The molecule has 8 heteroatoms. The number of benzene rings is 1. The van der Waals surface area contributed by atoms with Gasteiger partial charge in [0.25, 0.3) is 5.91 Å². The van der Waals surface area contributed by atoms with E-state index in [4.69, 9.17) is 0 Å². The quantitative estimate of drug-likeness (QED) is 0.568. The van der Waals surface area contributed by atoms with Crippen molar-refractivity contribution < 1.29 is 13.6 Å². The van der Waals surface area contributed by atoms with Crippen LogP contribution in [0.2, 0.25) is 0 Å². The number of thioether (sulfide) groups is 1. The molecule has 1 aliphatic rings. The van der Waals surface area contributed by atoms with Gasteiger partial charge in [-0.15, -0.1) is 11.8 Å². The summed E-state index contributed by atoms with van der Waals surface area (Å²) in [4.78, 5) is 20.3. The van der Waals surface area contributed by atoms with Crippen molar-refractivity contribution in [1.29, 1.82) is 0 Å². The van der Waals surface area contributed by atoms with Crippen molar-refractivity contribution in [3.05, 3.63) is 46.1 Å². The first-order chi connectivity index (χ1) is 13.3. The number of fused-ring (bicyclic) bond motifs is 1. The monoisotopic (exact) mass is 469 g/mol. The number of aromatic nitrogens is 1. The number of carbonyl (C=O) groups is 1. The summed E-state index contributed by atoms with van der Waals surface area (Å²) in [5.74, 6) is -2.72. The van der Waals surface area contributed by atoms with Crippen LogP contribution in [0.15, 0.2) is 39.8 Å². The molecule has 0 radical (unpaired) electrons. The Balaban J connectivity index is 2.11. The SMILES string of the molecule is CSc1cccc(N2CCC(F)(F)CCCNc3ncc(Br)c(C)c3C2=O)c1. The zero-order chi connectivity index (χ0) is 20.3. The van der Waals surface area contributed by atoms with Gasteiger partial charge in [0.15, 0.2) is 0 Å². The number of pyridine rings is 1.